The summed E-state index contributed by atoms with van der Waals surface area (Å²) in [6.07, 6.45) is 2.05. The Balaban J connectivity index is 2.23. The fraction of sp³-hybridized carbons (Fsp3) is 0.385. The van der Waals surface area contributed by atoms with Gasteiger partial charge in [-0.2, -0.15) is 0 Å². The monoisotopic (exact) mass is 298 g/mol. The number of benzene rings is 1. The molecule has 0 aromatic heterocycles. The van der Waals surface area contributed by atoms with Gasteiger partial charge in [0.25, 0.3) is 5.91 Å². The number of nitrogens with one attached hydrogen (secondary N) is 1. The van der Waals surface area contributed by atoms with Crippen LogP contribution >= 0.6 is 23.8 Å². The van der Waals surface area contributed by atoms with Crippen molar-refractivity contribution < 1.29 is 9.53 Å². The minimum atomic E-state index is -0.519. The Hall–Kier alpha value is -1.33. The van der Waals surface area contributed by atoms with Gasteiger partial charge in [-0.25, -0.2) is 0 Å². The van der Waals surface area contributed by atoms with Crippen LogP contribution in [0, 0.1) is 0 Å². The second-order valence-electron chi connectivity index (χ2n) is 4.40. The Bertz CT molecular complexity index is 507. The van der Waals surface area contributed by atoms with Gasteiger partial charge in [-0.15, -0.1) is 0 Å². The van der Waals surface area contributed by atoms with E-state index in [1.807, 2.05) is 0 Å². The zero-order chi connectivity index (χ0) is 13.8. The molecule has 19 heavy (non-hydrogen) atoms. The molecule has 1 aliphatic heterocycles. The number of carbonyl (C=O) groups is 1. The first-order valence-corrected chi connectivity index (χ1v) is 6.90. The fourth-order valence-corrected chi connectivity index (χ4v) is 2.30. The molecule has 1 unspecified atom stereocenters. The third-order valence-corrected chi connectivity index (χ3v) is 3.42. The molecule has 1 aromatic carbocycles. The Morgan fingerprint density at radius 1 is 1.47 bits per heavy atom. The van der Waals surface area contributed by atoms with Crippen molar-refractivity contribution >= 4 is 34.7 Å². The third-order valence-electron chi connectivity index (χ3n) is 2.96. The summed E-state index contributed by atoms with van der Waals surface area (Å²) < 4.78 is 5.76. The number of carbonyl (C=O) groups excluding carboxylic acids is 1. The molecule has 1 fully saturated rings. The van der Waals surface area contributed by atoms with Crippen LogP contribution in [-0.4, -0.2) is 23.5 Å². The van der Waals surface area contributed by atoms with Gasteiger partial charge in [0.2, 0.25) is 0 Å². The van der Waals surface area contributed by atoms with Gasteiger partial charge in [0.05, 0.1) is 5.56 Å². The molecule has 0 spiro atoms. The van der Waals surface area contributed by atoms with Gasteiger partial charge in [-0.05, 0) is 37.5 Å². The lowest BCUT2D eigenvalue weighted by Gasteiger charge is -2.18. The Morgan fingerprint density at radius 2 is 2.26 bits per heavy atom. The first-order valence-electron chi connectivity index (χ1n) is 6.11. The van der Waals surface area contributed by atoms with Crippen molar-refractivity contribution in [3.63, 3.8) is 0 Å². The zero-order valence-corrected chi connectivity index (χ0v) is 11.9. The van der Waals surface area contributed by atoms with Crippen LogP contribution in [0.1, 0.15) is 24.8 Å². The fourth-order valence-electron chi connectivity index (χ4n) is 1.97. The highest BCUT2D eigenvalue weighted by Crippen LogP contribution is 2.25. The third kappa shape index (κ3) is 3.58. The van der Waals surface area contributed by atoms with E-state index in [0.29, 0.717) is 29.3 Å². The minimum Gasteiger partial charge on any atom is -0.480 e. The number of thiocarbonyl (C=S) groups is 1. The molecule has 1 aliphatic rings. The van der Waals surface area contributed by atoms with Crippen LogP contribution in [0.3, 0.4) is 0 Å². The van der Waals surface area contributed by atoms with Crippen LogP contribution in [0.4, 0.5) is 0 Å². The molecule has 102 valence electrons. The number of halogens is 1. The van der Waals surface area contributed by atoms with Gasteiger partial charge < -0.3 is 15.8 Å². The largest absolute Gasteiger partial charge is 0.480 e. The molecule has 2 rings (SSSR count). The second kappa shape index (κ2) is 6.21. The summed E-state index contributed by atoms with van der Waals surface area (Å²) in [6.45, 7) is 0.691. The van der Waals surface area contributed by atoms with Crippen LogP contribution in [0.25, 0.3) is 0 Å². The van der Waals surface area contributed by atoms with E-state index in [0.717, 1.165) is 12.8 Å². The lowest BCUT2D eigenvalue weighted by Crippen LogP contribution is -2.36. The van der Waals surface area contributed by atoms with Gasteiger partial charge >= 0.3 is 0 Å². The van der Waals surface area contributed by atoms with Crippen molar-refractivity contribution in [2.75, 3.05) is 6.54 Å². The highest BCUT2D eigenvalue weighted by molar-refractivity contribution is 7.80. The number of amides is 1. The molecular formula is C13H15ClN2O2S. The molecule has 6 heteroatoms. The molecule has 3 N–H and O–H groups in total. The van der Waals surface area contributed by atoms with Crippen molar-refractivity contribution in [1.29, 1.82) is 0 Å². The number of ether oxygens (including phenoxy) is 1. The maximum Gasteiger partial charge on any atom is 0.261 e. The Kier molecular flexibility index (Phi) is 4.61. The lowest BCUT2D eigenvalue weighted by molar-refractivity contribution is -0.127. The van der Waals surface area contributed by atoms with Gasteiger partial charge in [-0.3, -0.25) is 4.79 Å². The van der Waals surface area contributed by atoms with Crippen molar-refractivity contribution in [2.24, 2.45) is 5.73 Å². The molecular weight excluding hydrogens is 284 g/mol. The van der Waals surface area contributed by atoms with E-state index < -0.39 is 6.10 Å². The quantitative estimate of drug-likeness (QED) is 0.838. The van der Waals surface area contributed by atoms with Crippen LogP contribution < -0.4 is 15.8 Å². The minimum absolute atomic E-state index is 0.105. The van der Waals surface area contributed by atoms with Gasteiger partial charge in [0.15, 0.2) is 6.10 Å². The number of nitrogens with two attached hydrogens (primary N) is 1. The summed E-state index contributed by atoms with van der Waals surface area (Å²) in [4.78, 5) is 12.1. The standard InChI is InChI=1S/C13H15ClN2O2S/c14-8-4-5-9(12(15)19)11(7-8)18-10-3-1-2-6-16-13(10)17/h4-5,7,10H,1-3,6H2,(H2,15,19)(H,16,17). The highest BCUT2D eigenvalue weighted by atomic mass is 35.5. The van der Waals surface area contributed by atoms with Gasteiger partial charge in [0, 0.05) is 11.6 Å². The van der Waals surface area contributed by atoms with E-state index in [4.69, 9.17) is 34.3 Å². The van der Waals surface area contributed by atoms with E-state index in [1.165, 1.54) is 0 Å². The zero-order valence-electron chi connectivity index (χ0n) is 10.3. The highest BCUT2D eigenvalue weighted by Gasteiger charge is 2.23. The summed E-state index contributed by atoms with van der Waals surface area (Å²) in [5, 5.41) is 3.33. The lowest BCUT2D eigenvalue weighted by atomic mass is 10.1. The Morgan fingerprint density at radius 3 is 3.00 bits per heavy atom. The van der Waals surface area contributed by atoms with Crippen molar-refractivity contribution in [3.05, 3.63) is 28.8 Å². The predicted molar refractivity (Wildman–Crippen MR) is 78.6 cm³/mol. The molecule has 1 saturated heterocycles. The van der Waals surface area contributed by atoms with E-state index >= 15 is 0 Å². The van der Waals surface area contributed by atoms with Crippen LogP contribution in [0.15, 0.2) is 18.2 Å². The summed E-state index contributed by atoms with van der Waals surface area (Å²) in [6, 6.07) is 5.03. The maximum atomic E-state index is 11.9. The molecule has 1 aromatic rings. The number of hydrogen-bond donors (Lipinski definition) is 2. The summed E-state index contributed by atoms with van der Waals surface area (Å²) >= 11 is 10.9. The van der Waals surface area contributed by atoms with Crippen molar-refractivity contribution in [3.8, 4) is 5.75 Å². The summed E-state index contributed by atoms with van der Waals surface area (Å²) in [7, 11) is 0. The molecule has 0 saturated carbocycles. The molecule has 1 amide bonds. The molecule has 0 aliphatic carbocycles. The van der Waals surface area contributed by atoms with Crippen LogP contribution in [-0.2, 0) is 4.79 Å². The van der Waals surface area contributed by atoms with Crippen molar-refractivity contribution in [1.82, 2.24) is 5.32 Å². The maximum absolute atomic E-state index is 11.9. The average Bonchev–Trinajstić information content (AvgIpc) is 2.55. The van der Waals surface area contributed by atoms with Crippen molar-refractivity contribution in [2.45, 2.75) is 25.4 Å². The normalized spacial score (nSPS) is 19.4. The second-order valence-corrected chi connectivity index (χ2v) is 5.27. The van der Waals surface area contributed by atoms with Gasteiger partial charge in [0.1, 0.15) is 10.7 Å². The summed E-state index contributed by atoms with van der Waals surface area (Å²) in [5.41, 5.74) is 6.24. The van der Waals surface area contributed by atoms with Crippen LogP contribution in [0.5, 0.6) is 5.75 Å². The number of rotatable bonds is 3. The van der Waals surface area contributed by atoms with E-state index in [-0.39, 0.29) is 10.9 Å². The van der Waals surface area contributed by atoms with E-state index in [1.54, 1.807) is 18.2 Å². The molecule has 0 bridgehead atoms. The molecule has 1 heterocycles. The molecule has 1 atom stereocenters. The molecule has 4 nitrogen and oxygen atoms in total. The first-order chi connectivity index (χ1) is 9.08. The summed E-state index contributed by atoms with van der Waals surface area (Å²) in [5.74, 6) is 0.355. The van der Waals surface area contributed by atoms with E-state index in [9.17, 15) is 4.79 Å². The van der Waals surface area contributed by atoms with Gasteiger partial charge in [-0.1, -0.05) is 23.8 Å². The molecule has 0 radical (unpaired) electrons. The number of hydrogen-bond acceptors (Lipinski definition) is 3. The van der Waals surface area contributed by atoms with E-state index in [2.05, 4.69) is 5.32 Å². The Labute approximate surface area is 122 Å². The average molecular weight is 299 g/mol. The van der Waals surface area contributed by atoms with Crippen LogP contribution in [0.2, 0.25) is 5.02 Å². The topological polar surface area (TPSA) is 64.3 Å². The smallest absolute Gasteiger partial charge is 0.261 e. The predicted octanol–water partition coefficient (Wildman–Crippen LogP) is 2.02. The SMILES string of the molecule is NC(=S)c1ccc(Cl)cc1OC1CCCCNC1=O. The first kappa shape index (κ1) is 14.1.